The summed E-state index contributed by atoms with van der Waals surface area (Å²) < 4.78 is 16.9. The zero-order valence-electron chi connectivity index (χ0n) is 43.0. The van der Waals surface area contributed by atoms with Crippen LogP contribution < -0.4 is 0 Å². The summed E-state index contributed by atoms with van der Waals surface area (Å²) in [5.41, 5.74) is 0. The molecular weight excluding hydrogens is 781 g/mol. The first kappa shape index (κ1) is 61.4. The Kier molecular flexibility index (Phi) is 50.1. The van der Waals surface area contributed by atoms with E-state index in [9.17, 15) is 14.4 Å². The van der Waals surface area contributed by atoms with E-state index in [1.807, 2.05) is 0 Å². The SMILES string of the molecule is CCCCCCCCCCCCCCCCCCCC(=O)OC[C@H](COC(=O)CCCCCCCCCCCCCCCCC)OC(=O)CCCCCCCCCCCCC(C)C. The Hall–Kier alpha value is -1.59. The molecule has 0 unspecified atom stereocenters. The average molecular weight is 892 g/mol. The Morgan fingerprint density at radius 1 is 0.302 bits per heavy atom. The Bertz CT molecular complexity index is 949. The van der Waals surface area contributed by atoms with Crippen molar-refractivity contribution in [1.29, 1.82) is 0 Å². The molecular formula is C57H110O6. The molecule has 0 rings (SSSR count). The molecule has 0 aromatic heterocycles. The van der Waals surface area contributed by atoms with Crippen molar-refractivity contribution in [3.8, 4) is 0 Å². The van der Waals surface area contributed by atoms with Gasteiger partial charge in [-0.1, -0.05) is 285 Å². The van der Waals surface area contributed by atoms with Crippen molar-refractivity contribution >= 4 is 17.9 Å². The second-order valence-corrected chi connectivity index (χ2v) is 20.1. The van der Waals surface area contributed by atoms with E-state index in [-0.39, 0.29) is 31.1 Å². The highest BCUT2D eigenvalue weighted by Crippen LogP contribution is 2.18. The second-order valence-electron chi connectivity index (χ2n) is 20.1. The maximum atomic E-state index is 12.8. The van der Waals surface area contributed by atoms with Gasteiger partial charge >= 0.3 is 17.9 Å². The van der Waals surface area contributed by atoms with Gasteiger partial charge in [-0.15, -0.1) is 0 Å². The molecule has 0 fully saturated rings. The molecule has 0 heterocycles. The molecule has 0 N–H and O–H groups in total. The zero-order chi connectivity index (χ0) is 45.9. The number of esters is 3. The lowest BCUT2D eigenvalue weighted by Crippen LogP contribution is -2.30. The maximum absolute atomic E-state index is 12.8. The summed E-state index contributed by atoms with van der Waals surface area (Å²) in [6.07, 6.45) is 55.2. The average Bonchev–Trinajstić information content (AvgIpc) is 3.27. The van der Waals surface area contributed by atoms with Crippen LogP contribution in [0.2, 0.25) is 0 Å². The van der Waals surface area contributed by atoms with Crippen LogP contribution in [0.5, 0.6) is 0 Å². The van der Waals surface area contributed by atoms with Crippen LogP contribution in [-0.4, -0.2) is 37.2 Å². The molecule has 6 heteroatoms. The standard InChI is InChI=1S/C57H110O6/c1-5-7-9-11-13-15-17-19-21-22-24-26-28-33-37-41-45-49-56(59)62-52-54(63-57(60)50-46-42-38-34-30-29-31-35-39-43-47-53(3)4)51-61-55(58)48-44-40-36-32-27-25-23-20-18-16-14-12-10-8-6-2/h53-54H,5-52H2,1-4H3/t54-/m0/s1. The predicted molar refractivity (Wildman–Crippen MR) is 270 cm³/mol. The van der Waals surface area contributed by atoms with Crippen molar-refractivity contribution in [2.45, 2.75) is 329 Å². The van der Waals surface area contributed by atoms with Crippen molar-refractivity contribution in [2.75, 3.05) is 13.2 Å². The van der Waals surface area contributed by atoms with E-state index < -0.39 is 6.10 Å². The molecule has 0 aliphatic carbocycles. The smallest absolute Gasteiger partial charge is 0.306 e. The largest absolute Gasteiger partial charge is 0.462 e. The molecule has 0 aromatic rings. The third-order valence-electron chi connectivity index (χ3n) is 13.0. The summed E-state index contributed by atoms with van der Waals surface area (Å²) >= 11 is 0. The lowest BCUT2D eigenvalue weighted by molar-refractivity contribution is -0.167. The summed E-state index contributed by atoms with van der Waals surface area (Å²) in [5, 5.41) is 0. The molecule has 6 nitrogen and oxygen atoms in total. The molecule has 1 atom stereocenters. The fourth-order valence-corrected chi connectivity index (χ4v) is 8.75. The van der Waals surface area contributed by atoms with Crippen LogP contribution in [0.15, 0.2) is 0 Å². The van der Waals surface area contributed by atoms with Gasteiger partial charge in [0.2, 0.25) is 0 Å². The van der Waals surface area contributed by atoms with Gasteiger partial charge in [-0.25, -0.2) is 0 Å². The van der Waals surface area contributed by atoms with Crippen LogP contribution in [0, 0.1) is 5.92 Å². The highest BCUT2D eigenvalue weighted by molar-refractivity contribution is 5.71. The second kappa shape index (κ2) is 51.4. The van der Waals surface area contributed by atoms with Crippen LogP contribution >= 0.6 is 0 Å². The van der Waals surface area contributed by atoms with E-state index in [2.05, 4.69) is 27.7 Å². The maximum Gasteiger partial charge on any atom is 0.306 e. The fourth-order valence-electron chi connectivity index (χ4n) is 8.75. The van der Waals surface area contributed by atoms with Gasteiger partial charge in [0, 0.05) is 19.3 Å². The lowest BCUT2D eigenvalue weighted by atomic mass is 10.0. The van der Waals surface area contributed by atoms with E-state index in [4.69, 9.17) is 14.2 Å². The van der Waals surface area contributed by atoms with Crippen LogP contribution in [-0.2, 0) is 28.6 Å². The van der Waals surface area contributed by atoms with E-state index in [1.54, 1.807) is 0 Å². The molecule has 0 radical (unpaired) electrons. The molecule has 0 spiro atoms. The molecule has 0 saturated heterocycles. The minimum atomic E-state index is -0.762. The normalized spacial score (nSPS) is 12.0. The van der Waals surface area contributed by atoms with Crippen molar-refractivity contribution in [3.63, 3.8) is 0 Å². The topological polar surface area (TPSA) is 78.9 Å². The summed E-state index contributed by atoms with van der Waals surface area (Å²) in [6, 6.07) is 0. The van der Waals surface area contributed by atoms with Gasteiger partial charge in [-0.3, -0.25) is 14.4 Å². The Labute approximate surface area is 393 Å². The molecule has 374 valence electrons. The molecule has 0 aromatic carbocycles. The third kappa shape index (κ3) is 51.3. The number of carbonyl (C=O) groups is 3. The van der Waals surface area contributed by atoms with Gasteiger partial charge in [-0.05, 0) is 25.2 Å². The lowest BCUT2D eigenvalue weighted by Gasteiger charge is -2.18. The van der Waals surface area contributed by atoms with Crippen LogP contribution in [0.1, 0.15) is 323 Å². The van der Waals surface area contributed by atoms with Gasteiger partial charge in [0.1, 0.15) is 13.2 Å². The van der Waals surface area contributed by atoms with Gasteiger partial charge in [-0.2, -0.15) is 0 Å². The van der Waals surface area contributed by atoms with E-state index in [1.165, 1.54) is 218 Å². The minimum Gasteiger partial charge on any atom is -0.462 e. The minimum absolute atomic E-state index is 0.0623. The molecule has 0 saturated carbocycles. The summed E-state index contributed by atoms with van der Waals surface area (Å²) in [7, 11) is 0. The Balaban J connectivity index is 4.28. The van der Waals surface area contributed by atoms with Gasteiger partial charge in [0.05, 0.1) is 0 Å². The molecule has 0 bridgehead atoms. The van der Waals surface area contributed by atoms with Gasteiger partial charge in [0.25, 0.3) is 0 Å². The molecule has 63 heavy (non-hydrogen) atoms. The summed E-state index contributed by atoms with van der Waals surface area (Å²) in [4.78, 5) is 38.1. The van der Waals surface area contributed by atoms with E-state index >= 15 is 0 Å². The first-order valence-electron chi connectivity index (χ1n) is 28.4. The van der Waals surface area contributed by atoms with Crippen molar-refractivity contribution in [2.24, 2.45) is 5.92 Å². The monoisotopic (exact) mass is 891 g/mol. The predicted octanol–water partition coefficient (Wildman–Crippen LogP) is 18.6. The van der Waals surface area contributed by atoms with E-state index in [0.717, 1.165) is 63.7 Å². The van der Waals surface area contributed by atoms with Crippen LogP contribution in [0.3, 0.4) is 0 Å². The molecule has 0 aliphatic heterocycles. The molecule has 0 aliphatic rings. The van der Waals surface area contributed by atoms with Crippen molar-refractivity contribution < 1.29 is 28.6 Å². The summed E-state index contributed by atoms with van der Waals surface area (Å²) in [5.74, 6) is -0.0215. The van der Waals surface area contributed by atoms with Crippen molar-refractivity contribution in [3.05, 3.63) is 0 Å². The first-order valence-corrected chi connectivity index (χ1v) is 28.4. The van der Waals surface area contributed by atoms with Gasteiger partial charge < -0.3 is 14.2 Å². The molecule has 0 amide bonds. The van der Waals surface area contributed by atoms with Gasteiger partial charge in [0.15, 0.2) is 6.10 Å². The Morgan fingerprint density at radius 2 is 0.524 bits per heavy atom. The quantitative estimate of drug-likeness (QED) is 0.0344. The van der Waals surface area contributed by atoms with Crippen LogP contribution in [0.25, 0.3) is 0 Å². The number of rotatable bonds is 52. The summed E-state index contributed by atoms with van der Waals surface area (Å²) in [6.45, 7) is 9.04. The number of carbonyl (C=O) groups excluding carboxylic acids is 3. The van der Waals surface area contributed by atoms with Crippen LogP contribution in [0.4, 0.5) is 0 Å². The number of ether oxygens (including phenoxy) is 3. The third-order valence-corrected chi connectivity index (χ3v) is 13.0. The van der Waals surface area contributed by atoms with E-state index in [0.29, 0.717) is 19.3 Å². The number of hydrogen-bond donors (Lipinski definition) is 0. The number of hydrogen-bond acceptors (Lipinski definition) is 6. The van der Waals surface area contributed by atoms with Crippen molar-refractivity contribution in [1.82, 2.24) is 0 Å². The zero-order valence-corrected chi connectivity index (χ0v) is 43.0. The highest BCUT2D eigenvalue weighted by atomic mass is 16.6. The highest BCUT2D eigenvalue weighted by Gasteiger charge is 2.19. The fraction of sp³-hybridized carbons (Fsp3) is 0.947. The Morgan fingerprint density at radius 3 is 0.778 bits per heavy atom. The number of unbranched alkanes of at least 4 members (excludes halogenated alkanes) is 39. The first-order chi connectivity index (χ1) is 30.9.